The molecule has 0 unspecified atom stereocenters. The first-order chi connectivity index (χ1) is 11.8. The molecule has 0 aromatic heterocycles. The number of benzene rings is 1. The van der Waals surface area contributed by atoms with Crippen molar-refractivity contribution >= 4 is 23.8 Å². The maximum absolute atomic E-state index is 4.43. The predicted molar refractivity (Wildman–Crippen MR) is 108 cm³/mol. The van der Waals surface area contributed by atoms with Gasteiger partial charge in [-0.25, -0.2) is 0 Å². The summed E-state index contributed by atoms with van der Waals surface area (Å²) in [4.78, 5) is 9.30. The largest absolute Gasteiger partial charge is 0.356 e. The fourth-order valence-electron chi connectivity index (χ4n) is 2.79. The summed E-state index contributed by atoms with van der Waals surface area (Å²) >= 11 is 1.90. The topological polar surface area (TPSA) is 30.9 Å². The Bertz CT molecular complexity index is 507. The molecule has 0 aliphatic carbocycles. The van der Waals surface area contributed by atoms with Crippen molar-refractivity contribution in [2.75, 3.05) is 58.3 Å². The van der Waals surface area contributed by atoms with E-state index in [4.69, 9.17) is 0 Å². The molecule has 2 rings (SSSR count). The minimum atomic E-state index is 1.01. The highest BCUT2D eigenvalue weighted by Crippen LogP contribution is 2.05. The highest BCUT2D eigenvalue weighted by atomic mass is 32.2. The summed E-state index contributed by atoms with van der Waals surface area (Å²) in [6, 6.07) is 10.5. The van der Waals surface area contributed by atoms with Gasteiger partial charge < -0.3 is 10.2 Å². The van der Waals surface area contributed by atoms with Crippen molar-refractivity contribution in [1.82, 2.24) is 15.1 Å². The van der Waals surface area contributed by atoms with Crippen molar-refractivity contribution in [3.05, 3.63) is 42.0 Å². The molecule has 1 aromatic rings. The van der Waals surface area contributed by atoms with E-state index >= 15 is 0 Å². The maximum Gasteiger partial charge on any atom is 0.193 e. The normalized spacial score (nSPS) is 16.8. The van der Waals surface area contributed by atoms with Crippen LogP contribution in [0.2, 0.25) is 0 Å². The number of nitrogens with zero attached hydrogens (tertiary/aromatic N) is 3. The zero-order chi connectivity index (χ0) is 17.0. The minimum Gasteiger partial charge on any atom is -0.356 e. The zero-order valence-electron chi connectivity index (χ0n) is 14.9. The Morgan fingerprint density at radius 1 is 1.21 bits per heavy atom. The van der Waals surface area contributed by atoms with Crippen LogP contribution in [0.5, 0.6) is 0 Å². The number of guanidine groups is 1. The standard InChI is InChI=1S/C19H30N4S/c1-20-19(21-11-7-17-24-2)23-15-13-22(14-16-23)12-6-10-18-8-4-3-5-9-18/h3-6,8-10H,7,11-17H2,1-2H3,(H,20,21)/b10-6+. The highest BCUT2D eigenvalue weighted by Gasteiger charge is 2.18. The average molecular weight is 347 g/mol. The molecule has 0 saturated carbocycles. The highest BCUT2D eigenvalue weighted by molar-refractivity contribution is 7.98. The van der Waals surface area contributed by atoms with E-state index < -0.39 is 0 Å². The number of hydrogen-bond acceptors (Lipinski definition) is 3. The Balaban J connectivity index is 1.69. The number of thioether (sulfide) groups is 1. The van der Waals surface area contributed by atoms with Crippen LogP contribution in [-0.2, 0) is 0 Å². The fraction of sp³-hybridized carbons (Fsp3) is 0.526. The second kappa shape index (κ2) is 11.2. The Labute approximate surface area is 151 Å². The third kappa shape index (κ3) is 6.57. The van der Waals surface area contributed by atoms with Crippen LogP contribution in [0.4, 0.5) is 0 Å². The summed E-state index contributed by atoms with van der Waals surface area (Å²) in [5.41, 5.74) is 1.27. The molecular formula is C19H30N4S. The van der Waals surface area contributed by atoms with E-state index in [0.29, 0.717) is 0 Å². The van der Waals surface area contributed by atoms with Gasteiger partial charge in [0.1, 0.15) is 0 Å². The van der Waals surface area contributed by atoms with Crippen LogP contribution >= 0.6 is 11.8 Å². The van der Waals surface area contributed by atoms with E-state index in [2.05, 4.69) is 68.8 Å². The summed E-state index contributed by atoms with van der Waals surface area (Å²) in [5, 5.41) is 3.48. The summed E-state index contributed by atoms with van der Waals surface area (Å²) in [5.74, 6) is 2.25. The smallest absolute Gasteiger partial charge is 0.193 e. The van der Waals surface area contributed by atoms with Crippen molar-refractivity contribution in [2.24, 2.45) is 4.99 Å². The van der Waals surface area contributed by atoms with Gasteiger partial charge in [-0.1, -0.05) is 42.5 Å². The van der Waals surface area contributed by atoms with Crippen molar-refractivity contribution in [2.45, 2.75) is 6.42 Å². The van der Waals surface area contributed by atoms with Crippen molar-refractivity contribution in [3.63, 3.8) is 0 Å². The molecule has 1 heterocycles. The molecule has 1 aromatic carbocycles. The Kier molecular flexibility index (Phi) is 8.77. The number of nitrogens with one attached hydrogen (secondary N) is 1. The van der Waals surface area contributed by atoms with Gasteiger partial charge >= 0.3 is 0 Å². The molecule has 0 radical (unpaired) electrons. The number of hydrogen-bond donors (Lipinski definition) is 1. The number of rotatable bonds is 7. The van der Waals surface area contributed by atoms with Gasteiger partial charge in [0, 0.05) is 46.3 Å². The van der Waals surface area contributed by atoms with Crippen molar-refractivity contribution < 1.29 is 0 Å². The molecule has 4 nitrogen and oxygen atoms in total. The molecule has 24 heavy (non-hydrogen) atoms. The molecular weight excluding hydrogens is 316 g/mol. The van der Waals surface area contributed by atoms with Gasteiger partial charge in [0.25, 0.3) is 0 Å². The van der Waals surface area contributed by atoms with Crippen LogP contribution in [0.25, 0.3) is 6.08 Å². The Morgan fingerprint density at radius 2 is 1.96 bits per heavy atom. The second-order valence-corrected chi connectivity index (χ2v) is 6.91. The van der Waals surface area contributed by atoms with Gasteiger partial charge in [0.05, 0.1) is 0 Å². The summed E-state index contributed by atoms with van der Waals surface area (Å²) in [6.45, 7) is 6.29. The van der Waals surface area contributed by atoms with Gasteiger partial charge in [-0.15, -0.1) is 0 Å². The van der Waals surface area contributed by atoms with Crippen molar-refractivity contribution in [1.29, 1.82) is 0 Å². The molecule has 0 bridgehead atoms. The monoisotopic (exact) mass is 346 g/mol. The van der Waals surface area contributed by atoms with Gasteiger partial charge in [-0.3, -0.25) is 9.89 Å². The van der Waals surface area contributed by atoms with Gasteiger partial charge in [-0.05, 0) is 24.0 Å². The molecule has 0 atom stereocenters. The Morgan fingerprint density at radius 3 is 2.62 bits per heavy atom. The van der Waals surface area contributed by atoms with Gasteiger partial charge in [0.15, 0.2) is 5.96 Å². The molecule has 0 amide bonds. The van der Waals surface area contributed by atoms with Crippen LogP contribution in [0.15, 0.2) is 41.4 Å². The summed E-state index contributed by atoms with van der Waals surface area (Å²) < 4.78 is 0. The van der Waals surface area contributed by atoms with E-state index in [9.17, 15) is 0 Å². The zero-order valence-corrected chi connectivity index (χ0v) is 15.8. The first-order valence-corrected chi connectivity index (χ1v) is 10.1. The van der Waals surface area contributed by atoms with E-state index in [-0.39, 0.29) is 0 Å². The van der Waals surface area contributed by atoms with Crippen LogP contribution in [0, 0.1) is 0 Å². The number of aliphatic imine (C=N–C) groups is 1. The van der Waals surface area contributed by atoms with Gasteiger partial charge in [0.2, 0.25) is 0 Å². The molecule has 132 valence electrons. The lowest BCUT2D eigenvalue weighted by atomic mass is 10.2. The molecule has 0 spiro atoms. The van der Waals surface area contributed by atoms with E-state index in [1.165, 1.54) is 17.7 Å². The minimum absolute atomic E-state index is 1.01. The quantitative estimate of drug-likeness (QED) is 0.467. The molecule has 5 heteroatoms. The predicted octanol–water partition coefficient (Wildman–Crippen LogP) is 2.65. The van der Waals surface area contributed by atoms with Crippen LogP contribution in [-0.4, -0.2) is 74.1 Å². The fourth-order valence-corrected chi connectivity index (χ4v) is 3.23. The lowest BCUT2D eigenvalue weighted by molar-refractivity contribution is 0.194. The average Bonchev–Trinajstić information content (AvgIpc) is 2.64. The van der Waals surface area contributed by atoms with E-state index in [1.807, 2.05) is 18.8 Å². The third-order valence-corrected chi connectivity index (χ3v) is 4.86. The van der Waals surface area contributed by atoms with Crippen LogP contribution < -0.4 is 5.32 Å². The maximum atomic E-state index is 4.43. The molecule has 1 N–H and O–H groups in total. The first kappa shape index (κ1) is 18.9. The van der Waals surface area contributed by atoms with Crippen LogP contribution in [0.1, 0.15) is 12.0 Å². The molecule has 1 saturated heterocycles. The first-order valence-electron chi connectivity index (χ1n) is 8.72. The van der Waals surface area contributed by atoms with Crippen molar-refractivity contribution in [3.8, 4) is 0 Å². The SMILES string of the molecule is CN=C(NCCCSC)N1CCN(C/C=C/c2ccccc2)CC1. The molecule has 1 aliphatic rings. The van der Waals surface area contributed by atoms with Crippen LogP contribution in [0.3, 0.4) is 0 Å². The Hall–Kier alpha value is -1.46. The summed E-state index contributed by atoms with van der Waals surface area (Å²) in [7, 11) is 1.88. The lowest BCUT2D eigenvalue weighted by Gasteiger charge is -2.36. The molecule has 1 aliphatic heterocycles. The lowest BCUT2D eigenvalue weighted by Crippen LogP contribution is -2.52. The van der Waals surface area contributed by atoms with E-state index in [1.54, 1.807) is 0 Å². The molecule has 1 fully saturated rings. The third-order valence-electron chi connectivity index (χ3n) is 4.17. The summed E-state index contributed by atoms with van der Waals surface area (Å²) in [6.07, 6.45) is 7.81. The van der Waals surface area contributed by atoms with Gasteiger partial charge in [-0.2, -0.15) is 11.8 Å². The second-order valence-electron chi connectivity index (χ2n) is 5.92. The van der Waals surface area contributed by atoms with E-state index in [0.717, 1.165) is 45.2 Å². The number of piperazine rings is 1.